The minimum Gasteiger partial charge on any atom is -0.481 e. The van der Waals surface area contributed by atoms with Gasteiger partial charge in [0.15, 0.2) is 0 Å². The van der Waals surface area contributed by atoms with Gasteiger partial charge in [0.05, 0.1) is 0 Å². The summed E-state index contributed by atoms with van der Waals surface area (Å²) in [5, 5.41) is 11.0. The van der Waals surface area contributed by atoms with Crippen molar-refractivity contribution >= 4 is 11.9 Å². The summed E-state index contributed by atoms with van der Waals surface area (Å²) < 4.78 is 0. The molecule has 82 valence electrons. The topological polar surface area (TPSA) is 66.4 Å². The van der Waals surface area contributed by atoms with Gasteiger partial charge in [0, 0.05) is 6.04 Å². The number of carboxylic acid groups (broad SMARTS) is 1. The fourth-order valence-corrected chi connectivity index (χ4v) is 1.12. The third kappa shape index (κ3) is 7.58. The summed E-state index contributed by atoms with van der Waals surface area (Å²) in [5.74, 6) is -0.888. The number of carboxylic acids is 1. The SMILES string of the molecule is CC(C)CCC(C)NC(=O)CC(=O)O. The van der Waals surface area contributed by atoms with E-state index < -0.39 is 18.3 Å². The normalized spacial score (nSPS) is 12.6. The monoisotopic (exact) mass is 201 g/mol. The molecule has 1 amide bonds. The van der Waals surface area contributed by atoms with Crippen LogP contribution in [0.25, 0.3) is 0 Å². The fraction of sp³-hybridized carbons (Fsp3) is 0.800. The largest absolute Gasteiger partial charge is 0.481 e. The van der Waals surface area contributed by atoms with Crippen LogP contribution in [0.15, 0.2) is 0 Å². The highest BCUT2D eigenvalue weighted by Crippen LogP contribution is 2.06. The first-order valence-corrected chi connectivity index (χ1v) is 4.93. The van der Waals surface area contributed by atoms with Gasteiger partial charge in [-0.05, 0) is 25.7 Å². The predicted octanol–water partition coefficient (Wildman–Crippen LogP) is 1.40. The van der Waals surface area contributed by atoms with E-state index in [4.69, 9.17) is 5.11 Å². The zero-order valence-corrected chi connectivity index (χ0v) is 9.04. The molecule has 2 N–H and O–H groups in total. The van der Waals surface area contributed by atoms with Gasteiger partial charge in [0.1, 0.15) is 6.42 Å². The van der Waals surface area contributed by atoms with Crippen LogP contribution in [0.1, 0.15) is 40.0 Å². The Labute approximate surface area is 84.7 Å². The van der Waals surface area contributed by atoms with Gasteiger partial charge in [-0.2, -0.15) is 0 Å². The maximum absolute atomic E-state index is 11.0. The maximum atomic E-state index is 11.0. The molecule has 0 aliphatic rings. The van der Waals surface area contributed by atoms with Gasteiger partial charge in [0.2, 0.25) is 5.91 Å². The van der Waals surface area contributed by atoms with Gasteiger partial charge < -0.3 is 10.4 Å². The second-order valence-electron chi connectivity index (χ2n) is 4.01. The highest BCUT2D eigenvalue weighted by molar-refractivity contribution is 5.93. The second-order valence-corrected chi connectivity index (χ2v) is 4.01. The highest BCUT2D eigenvalue weighted by atomic mass is 16.4. The number of carbonyl (C=O) groups excluding carboxylic acids is 1. The zero-order chi connectivity index (χ0) is 11.1. The van der Waals surface area contributed by atoms with E-state index >= 15 is 0 Å². The van der Waals surface area contributed by atoms with Crippen LogP contribution < -0.4 is 5.32 Å². The Bertz CT molecular complexity index is 202. The van der Waals surface area contributed by atoms with Gasteiger partial charge >= 0.3 is 5.97 Å². The minimum atomic E-state index is -1.08. The van der Waals surface area contributed by atoms with Crippen LogP contribution in [0.3, 0.4) is 0 Å². The molecule has 1 atom stereocenters. The van der Waals surface area contributed by atoms with E-state index in [-0.39, 0.29) is 6.04 Å². The van der Waals surface area contributed by atoms with Crippen molar-refractivity contribution < 1.29 is 14.7 Å². The Kier molecular flexibility index (Phi) is 5.92. The predicted molar refractivity (Wildman–Crippen MR) is 53.9 cm³/mol. The quantitative estimate of drug-likeness (QED) is 0.638. The van der Waals surface area contributed by atoms with Crippen molar-refractivity contribution in [1.82, 2.24) is 5.32 Å². The molecule has 4 nitrogen and oxygen atoms in total. The molecule has 1 unspecified atom stereocenters. The number of carbonyl (C=O) groups is 2. The molecule has 4 heteroatoms. The summed E-state index contributed by atoms with van der Waals surface area (Å²) in [7, 11) is 0. The number of aliphatic carboxylic acids is 1. The lowest BCUT2D eigenvalue weighted by molar-refractivity contribution is -0.140. The minimum absolute atomic E-state index is 0.0595. The van der Waals surface area contributed by atoms with E-state index in [1.54, 1.807) is 0 Å². The van der Waals surface area contributed by atoms with E-state index in [1.165, 1.54) is 0 Å². The molecule has 0 bridgehead atoms. The summed E-state index contributed by atoms with van der Waals surface area (Å²) in [6.07, 6.45) is 1.49. The Balaban J connectivity index is 3.65. The molecule has 0 saturated heterocycles. The van der Waals surface area contributed by atoms with Crippen molar-refractivity contribution in [3.8, 4) is 0 Å². The third-order valence-corrected chi connectivity index (χ3v) is 1.90. The molecular formula is C10H19NO3. The van der Waals surface area contributed by atoms with Gasteiger partial charge in [-0.25, -0.2) is 0 Å². The number of hydrogen-bond acceptors (Lipinski definition) is 2. The van der Waals surface area contributed by atoms with E-state index in [2.05, 4.69) is 19.2 Å². The molecule has 0 aliphatic heterocycles. The van der Waals surface area contributed by atoms with Crippen molar-refractivity contribution in [1.29, 1.82) is 0 Å². The molecule has 0 aliphatic carbocycles. The second kappa shape index (κ2) is 6.40. The summed E-state index contributed by atoms with van der Waals surface area (Å²) >= 11 is 0. The number of nitrogens with one attached hydrogen (secondary N) is 1. The first-order chi connectivity index (χ1) is 6.41. The molecule has 0 saturated carbocycles. The van der Waals surface area contributed by atoms with Crippen molar-refractivity contribution in [2.24, 2.45) is 5.92 Å². The van der Waals surface area contributed by atoms with Crippen LogP contribution in [-0.2, 0) is 9.59 Å². The molecule has 0 fully saturated rings. The molecule has 0 aromatic rings. The third-order valence-electron chi connectivity index (χ3n) is 1.90. The van der Waals surface area contributed by atoms with Crippen LogP contribution in [0.5, 0.6) is 0 Å². The molecule has 0 aromatic heterocycles. The summed E-state index contributed by atoms with van der Waals surface area (Å²) in [6, 6.07) is 0.0595. The van der Waals surface area contributed by atoms with E-state index in [1.807, 2.05) is 6.92 Å². The maximum Gasteiger partial charge on any atom is 0.312 e. The Morgan fingerprint density at radius 1 is 1.21 bits per heavy atom. The van der Waals surface area contributed by atoms with Crippen LogP contribution in [0, 0.1) is 5.92 Å². The first kappa shape index (κ1) is 12.9. The number of amides is 1. The standard InChI is InChI=1S/C10H19NO3/c1-7(2)4-5-8(3)11-9(12)6-10(13)14/h7-8H,4-6H2,1-3H3,(H,11,12)(H,13,14). The Morgan fingerprint density at radius 3 is 2.21 bits per heavy atom. The smallest absolute Gasteiger partial charge is 0.312 e. The van der Waals surface area contributed by atoms with Crippen LogP contribution in [0.4, 0.5) is 0 Å². The Morgan fingerprint density at radius 2 is 1.79 bits per heavy atom. The van der Waals surface area contributed by atoms with Crippen LogP contribution in [-0.4, -0.2) is 23.0 Å². The Hall–Kier alpha value is -1.06. The molecule has 0 aromatic carbocycles. The fourth-order valence-electron chi connectivity index (χ4n) is 1.12. The summed E-state index contributed by atoms with van der Waals surface area (Å²) in [6.45, 7) is 6.12. The average Bonchev–Trinajstić information content (AvgIpc) is 1.98. The lowest BCUT2D eigenvalue weighted by atomic mass is 10.0. The molecule has 0 rings (SSSR count). The molecular weight excluding hydrogens is 182 g/mol. The lowest BCUT2D eigenvalue weighted by Crippen LogP contribution is -2.33. The number of hydrogen-bond donors (Lipinski definition) is 2. The van der Waals surface area contributed by atoms with Crippen molar-refractivity contribution in [2.75, 3.05) is 0 Å². The molecule has 0 spiro atoms. The lowest BCUT2D eigenvalue weighted by Gasteiger charge is -2.14. The molecule has 14 heavy (non-hydrogen) atoms. The van der Waals surface area contributed by atoms with Gasteiger partial charge in [0.25, 0.3) is 0 Å². The van der Waals surface area contributed by atoms with Crippen molar-refractivity contribution in [3.05, 3.63) is 0 Å². The van der Waals surface area contributed by atoms with Crippen molar-refractivity contribution in [2.45, 2.75) is 46.1 Å². The molecule has 0 radical (unpaired) electrons. The van der Waals surface area contributed by atoms with E-state index in [0.29, 0.717) is 5.92 Å². The highest BCUT2D eigenvalue weighted by Gasteiger charge is 2.10. The van der Waals surface area contributed by atoms with Crippen LogP contribution >= 0.6 is 0 Å². The van der Waals surface area contributed by atoms with E-state index in [0.717, 1.165) is 12.8 Å². The summed E-state index contributed by atoms with van der Waals surface area (Å²) in [4.78, 5) is 21.2. The average molecular weight is 201 g/mol. The van der Waals surface area contributed by atoms with Gasteiger partial charge in [-0.15, -0.1) is 0 Å². The summed E-state index contributed by atoms with van der Waals surface area (Å²) in [5.41, 5.74) is 0. The van der Waals surface area contributed by atoms with Crippen LogP contribution in [0.2, 0.25) is 0 Å². The first-order valence-electron chi connectivity index (χ1n) is 4.93. The zero-order valence-electron chi connectivity index (χ0n) is 9.04. The van der Waals surface area contributed by atoms with Crippen molar-refractivity contribution in [3.63, 3.8) is 0 Å². The van der Waals surface area contributed by atoms with Gasteiger partial charge in [-0.1, -0.05) is 13.8 Å². The molecule has 0 heterocycles. The number of rotatable bonds is 6. The van der Waals surface area contributed by atoms with Gasteiger partial charge in [-0.3, -0.25) is 9.59 Å². The van der Waals surface area contributed by atoms with E-state index in [9.17, 15) is 9.59 Å².